The van der Waals surface area contributed by atoms with Gasteiger partial charge in [0.15, 0.2) is 0 Å². The highest BCUT2D eigenvalue weighted by atomic mass is 16.5. The number of rotatable bonds is 8. The second kappa shape index (κ2) is 9.38. The molecule has 0 aliphatic carbocycles. The Hall–Kier alpha value is -1.66. The molecule has 0 saturated carbocycles. The maximum atomic E-state index is 12.0. The van der Waals surface area contributed by atoms with E-state index in [2.05, 4.69) is 27.4 Å². The Labute approximate surface area is 132 Å². The molecule has 6 heteroatoms. The van der Waals surface area contributed by atoms with Gasteiger partial charge in [0.05, 0.1) is 18.8 Å². The van der Waals surface area contributed by atoms with E-state index >= 15 is 0 Å². The molecule has 0 bridgehead atoms. The van der Waals surface area contributed by atoms with Crippen LogP contribution in [0.3, 0.4) is 0 Å². The van der Waals surface area contributed by atoms with Crippen LogP contribution in [0.2, 0.25) is 0 Å². The summed E-state index contributed by atoms with van der Waals surface area (Å²) in [7, 11) is 0. The second-order valence-electron chi connectivity index (χ2n) is 5.42. The summed E-state index contributed by atoms with van der Waals surface area (Å²) in [6.45, 7) is 8.02. The Morgan fingerprint density at radius 2 is 2.14 bits per heavy atom. The Balaban J connectivity index is 1.70. The van der Waals surface area contributed by atoms with Crippen LogP contribution in [0.1, 0.15) is 30.1 Å². The summed E-state index contributed by atoms with van der Waals surface area (Å²) < 4.78 is 5.30. The molecule has 1 aliphatic heterocycles. The molecule has 2 N–H and O–H groups in total. The zero-order valence-electron chi connectivity index (χ0n) is 13.3. The lowest BCUT2D eigenvalue weighted by atomic mass is 10.2. The number of hydrogen-bond donors (Lipinski definition) is 2. The van der Waals surface area contributed by atoms with Crippen molar-refractivity contribution >= 4 is 11.7 Å². The number of morpholine rings is 1. The fourth-order valence-electron chi connectivity index (χ4n) is 2.28. The molecule has 2 rings (SSSR count). The maximum absolute atomic E-state index is 12.0. The molecular formula is C16H26N4O2. The third-order valence-electron chi connectivity index (χ3n) is 3.68. The Bertz CT molecular complexity index is 444. The molecule has 1 saturated heterocycles. The molecule has 1 aliphatic rings. The quantitative estimate of drug-likeness (QED) is 0.710. The average Bonchev–Trinajstić information content (AvgIpc) is 2.56. The minimum absolute atomic E-state index is 0.0686. The SMILES string of the molecule is CCCCNc1ccc(C(=O)NCCN2CCOCC2)cn1. The fourth-order valence-corrected chi connectivity index (χ4v) is 2.28. The molecule has 6 nitrogen and oxygen atoms in total. The lowest BCUT2D eigenvalue weighted by Crippen LogP contribution is -2.41. The molecule has 1 aromatic rings. The van der Waals surface area contributed by atoms with E-state index in [1.807, 2.05) is 12.1 Å². The largest absolute Gasteiger partial charge is 0.379 e. The summed E-state index contributed by atoms with van der Waals surface area (Å²) in [6, 6.07) is 3.66. The average molecular weight is 306 g/mol. The highest BCUT2D eigenvalue weighted by Crippen LogP contribution is 2.05. The molecule has 0 aromatic carbocycles. The van der Waals surface area contributed by atoms with Gasteiger partial charge in [-0.1, -0.05) is 13.3 Å². The molecular weight excluding hydrogens is 280 g/mol. The van der Waals surface area contributed by atoms with Crippen molar-refractivity contribution in [2.24, 2.45) is 0 Å². The standard InChI is InChI=1S/C16H26N4O2/c1-2-3-6-17-15-5-4-14(13-19-15)16(21)18-7-8-20-9-11-22-12-10-20/h4-5,13H,2-3,6-12H2,1H3,(H,17,19)(H,18,21). The third-order valence-corrected chi connectivity index (χ3v) is 3.68. The van der Waals surface area contributed by atoms with E-state index in [4.69, 9.17) is 4.74 Å². The predicted molar refractivity (Wildman–Crippen MR) is 87.2 cm³/mol. The molecule has 1 fully saturated rings. The zero-order chi connectivity index (χ0) is 15.6. The van der Waals surface area contributed by atoms with Gasteiger partial charge in [0.25, 0.3) is 5.91 Å². The predicted octanol–water partition coefficient (Wildman–Crippen LogP) is 1.36. The summed E-state index contributed by atoms with van der Waals surface area (Å²) in [5.74, 6) is 0.749. The first kappa shape index (κ1) is 16.7. The Morgan fingerprint density at radius 1 is 1.32 bits per heavy atom. The molecule has 22 heavy (non-hydrogen) atoms. The number of nitrogens with one attached hydrogen (secondary N) is 2. The number of anilines is 1. The van der Waals surface area contributed by atoms with Crippen LogP contribution in [-0.4, -0.2) is 61.7 Å². The summed E-state index contributed by atoms with van der Waals surface area (Å²) in [5.41, 5.74) is 0.600. The van der Waals surface area contributed by atoms with Gasteiger partial charge < -0.3 is 15.4 Å². The van der Waals surface area contributed by atoms with E-state index in [9.17, 15) is 4.79 Å². The summed E-state index contributed by atoms with van der Waals surface area (Å²) in [6.07, 6.45) is 3.89. The van der Waals surface area contributed by atoms with Crippen molar-refractivity contribution in [3.05, 3.63) is 23.9 Å². The van der Waals surface area contributed by atoms with Crippen molar-refractivity contribution in [3.63, 3.8) is 0 Å². The molecule has 1 amide bonds. The molecule has 122 valence electrons. The Morgan fingerprint density at radius 3 is 2.82 bits per heavy atom. The molecule has 2 heterocycles. The van der Waals surface area contributed by atoms with Gasteiger partial charge in [-0.05, 0) is 18.6 Å². The van der Waals surface area contributed by atoms with E-state index in [0.717, 1.165) is 58.1 Å². The van der Waals surface area contributed by atoms with Gasteiger partial charge in [0, 0.05) is 38.9 Å². The molecule has 0 atom stereocenters. The van der Waals surface area contributed by atoms with Gasteiger partial charge in [-0.15, -0.1) is 0 Å². The number of carbonyl (C=O) groups excluding carboxylic acids is 1. The topological polar surface area (TPSA) is 66.5 Å². The van der Waals surface area contributed by atoms with Crippen LogP contribution >= 0.6 is 0 Å². The van der Waals surface area contributed by atoms with Crippen molar-refractivity contribution < 1.29 is 9.53 Å². The number of pyridine rings is 1. The van der Waals surface area contributed by atoms with E-state index in [0.29, 0.717) is 12.1 Å². The van der Waals surface area contributed by atoms with Crippen LogP contribution in [0, 0.1) is 0 Å². The van der Waals surface area contributed by atoms with Crippen molar-refractivity contribution in [2.45, 2.75) is 19.8 Å². The van der Waals surface area contributed by atoms with Crippen LogP contribution in [0.4, 0.5) is 5.82 Å². The third kappa shape index (κ3) is 5.61. The van der Waals surface area contributed by atoms with Crippen LogP contribution < -0.4 is 10.6 Å². The number of hydrogen-bond acceptors (Lipinski definition) is 5. The fraction of sp³-hybridized carbons (Fsp3) is 0.625. The van der Waals surface area contributed by atoms with Crippen molar-refractivity contribution in [1.82, 2.24) is 15.2 Å². The number of ether oxygens (including phenoxy) is 1. The van der Waals surface area contributed by atoms with E-state index in [-0.39, 0.29) is 5.91 Å². The van der Waals surface area contributed by atoms with Crippen molar-refractivity contribution in [2.75, 3.05) is 51.3 Å². The number of amides is 1. The van der Waals surface area contributed by atoms with Gasteiger partial charge in [0.1, 0.15) is 5.82 Å². The molecule has 0 spiro atoms. The first-order valence-electron chi connectivity index (χ1n) is 8.08. The molecule has 0 unspecified atom stereocenters. The van der Waals surface area contributed by atoms with Gasteiger partial charge in [0.2, 0.25) is 0 Å². The van der Waals surface area contributed by atoms with Gasteiger partial charge in [-0.2, -0.15) is 0 Å². The first-order chi connectivity index (χ1) is 10.8. The van der Waals surface area contributed by atoms with Gasteiger partial charge in [-0.25, -0.2) is 4.98 Å². The normalized spacial score (nSPS) is 15.5. The lowest BCUT2D eigenvalue weighted by Gasteiger charge is -2.26. The maximum Gasteiger partial charge on any atom is 0.252 e. The summed E-state index contributed by atoms with van der Waals surface area (Å²) >= 11 is 0. The highest BCUT2D eigenvalue weighted by Gasteiger charge is 2.11. The van der Waals surface area contributed by atoms with E-state index in [1.165, 1.54) is 0 Å². The minimum Gasteiger partial charge on any atom is -0.379 e. The Kier molecular flexibility index (Phi) is 7.12. The minimum atomic E-state index is -0.0686. The molecule has 1 aromatic heterocycles. The smallest absolute Gasteiger partial charge is 0.252 e. The van der Waals surface area contributed by atoms with Gasteiger partial charge >= 0.3 is 0 Å². The number of unbranched alkanes of at least 4 members (excludes halogenated alkanes) is 1. The van der Waals surface area contributed by atoms with E-state index < -0.39 is 0 Å². The van der Waals surface area contributed by atoms with Gasteiger partial charge in [-0.3, -0.25) is 9.69 Å². The number of aromatic nitrogens is 1. The first-order valence-corrected chi connectivity index (χ1v) is 8.08. The highest BCUT2D eigenvalue weighted by molar-refractivity contribution is 5.94. The van der Waals surface area contributed by atoms with Crippen LogP contribution in [-0.2, 0) is 4.74 Å². The monoisotopic (exact) mass is 306 g/mol. The van der Waals surface area contributed by atoms with Crippen LogP contribution in [0.15, 0.2) is 18.3 Å². The zero-order valence-corrected chi connectivity index (χ0v) is 13.3. The van der Waals surface area contributed by atoms with Crippen molar-refractivity contribution in [1.29, 1.82) is 0 Å². The van der Waals surface area contributed by atoms with Crippen molar-refractivity contribution in [3.8, 4) is 0 Å². The summed E-state index contributed by atoms with van der Waals surface area (Å²) in [5, 5.41) is 6.17. The summed E-state index contributed by atoms with van der Waals surface area (Å²) in [4.78, 5) is 18.6. The van der Waals surface area contributed by atoms with E-state index in [1.54, 1.807) is 6.20 Å². The number of carbonyl (C=O) groups is 1. The lowest BCUT2D eigenvalue weighted by molar-refractivity contribution is 0.0383. The molecule has 0 radical (unpaired) electrons. The second-order valence-corrected chi connectivity index (χ2v) is 5.42. The number of nitrogens with zero attached hydrogens (tertiary/aromatic N) is 2. The van der Waals surface area contributed by atoms with Crippen LogP contribution in [0.5, 0.6) is 0 Å². The van der Waals surface area contributed by atoms with Crippen LogP contribution in [0.25, 0.3) is 0 Å².